The lowest BCUT2D eigenvalue weighted by atomic mass is 9.95. The van der Waals surface area contributed by atoms with E-state index in [-0.39, 0.29) is 12.6 Å². The molecule has 1 heterocycles. The summed E-state index contributed by atoms with van der Waals surface area (Å²) in [5, 5.41) is 0.688. The van der Waals surface area contributed by atoms with Gasteiger partial charge in [0.25, 0.3) is 0 Å². The van der Waals surface area contributed by atoms with Crippen LogP contribution in [0.2, 0.25) is 5.02 Å². The van der Waals surface area contributed by atoms with Crippen molar-refractivity contribution in [2.75, 3.05) is 13.2 Å². The van der Waals surface area contributed by atoms with Crippen molar-refractivity contribution in [3.05, 3.63) is 70.4 Å². The Kier molecular flexibility index (Phi) is 7.52. The molecule has 6 heteroatoms. The fourth-order valence-corrected chi connectivity index (χ4v) is 3.22. The summed E-state index contributed by atoms with van der Waals surface area (Å²) >= 11 is 5.97. The first-order chi connectivity index (χ1) is 15.2. The van der Waals surface area contributed by atoms with Gasteiger partial charge in [-0.15, -0.1) is 0 Å². The van der Waals surface area contributed by atoms with Gasteiger partial charge in [0.2, 0.25) is 0 Å². The largest absolute Gasteiger partial charge is 0.492 e. The molecule has 0 fully saturated rings. The highest BCUT2D eigenvalue weighted by atomic mass is 35.5. The van der Waals surface area contributed by atoms with Crippen molar-refractivity contribution >= 4 is 17.6 Å². The predicted octanol–water partition coefficient (Wildman–Crippen LogP) is 6.76. The second kappa shape index (κ2) is 10.1. The zero-order chi connectivity index (χ0) is 23.3. The number of furan rings is 1. The van der Waals surface area contributed by atoms with Crippen LogP contribution in [-0.2, 0) is 16.1 Å². The van der Waals surface area contributed by atoms with Crippen LogP contribution >= 0.6 is 11.6 Å². The summed E-state index contributed by atoms with van der Waals surface area (Å²) < 4.78 is 22.9. The Morgan fingerprint density at radius 2 is 1.75 bits per heavy atom. The second-order valence-electron chi connectivity index (χ2n) is 8.31. The number of benzene rings is 2. The molecular formula is C26H29ClO5. The molecule has 2 aromatic carbocycles. The average molecular weight is 457 g/mol. The molecule has 3 aromatic rings. The van der Waals surface area contributed by atoms with Gasteiger partial charge in [0, 0.05) is 16.1 Å². The third kappa shape index (κ3) is 5.86. The van der Waals surface area contributed by atoms with Crippen LogP contribution in [0.1, 0.15) is 37.7 Å². The summed E-state index contributed by atoms with van der Waals surface area (Å²) in [6.07, 6.45) is 0. The third-order valence-corrected chi connectivity index (χ3v) is 5.36. The van der Waals surface area contributed by atoms with Crippen LogP contribution in [0.25, 0.3) is 11.3 Å². The normalized spacial score (nSPS) is 11.3. The van der Waals surface area contributed by atoms with E-state index in [2.05, 4.69) is 0 Å². The molecule has 0 saturated heterocycles. The number of halogens is 1. The highest BCUT2D eigenvalue weighted by Crippen LogP contribution is 2.29. The van der Waals surface area contributed by atoms with Gasteiger partial charge in [0.05, 0.1) is 12.0 Å². The van der Waals surface area contributed by atoms with E-state index in [1.165, 1.54) is 0 Å². The molecule has 0 aliphatic heterocycles. The summed E-state index contributed by atoms with van der Waals surface area (Å²) in [5.74, 6) is 2.76. The molecule has 0 radical (unpaired) electrons. The van der Waals surface area contributed by atoms with Crippen LogP contribution in [-0.4, -0.2) is 19.2 Å². The molecule has 0 bridgehead atoms. The zero-order valence-electron chi connectivity index (χ0n) is 19.2. The highest BCUT2D eigenvalue weighted by Gasteiger charge is 2.30. The number of hydrogen-bond donors (Lipinski definition) is 0. The van der Waals surface area contributed by atoms with Crippen molar-refractivity contribution in [3.63, 3.8) is 0 Å². The van der Waals surface area contributed by atoms with Crippen LogP contribution < -0.4 is 9.47 Å². The monoisotopic (exact) mass is 456 g/mol. The van der Waals surface area contributed by atoms with Gasteiger partial charge < -0.3 is 18.6 Å². The molecule has 32 heavy (non-hydrogen) atoms. The fraction of sp³-hybridized carbons (Fsp3) is 0.346. The Labute approximate surface area is 194 Å². The first-order valence-electron chi connectivity index (χ1n) is 10.6. The lowest BCUT2D eigenvalue weighted by Crippen LogP contribution is -2.33. The van der Waals surface area contributed by atoms with E-state index in [1.807, 2.05) is 76.2 Å². The minimum Gasteiger partial charge on any atom is -0.492 e. The number of rotatable bonds is 9. The molecule has 0 amide bonds. The lowest BCUT2D eigenvalue weighted by molar-refractivity contribution is -0.155. The van der Waals surface area contributed by atoms with E-state index in [9.17, 15) is 4.79 Å². The van der Waals surface area contributed by atoms with E-state index in [0.29, 0.717) is 24.0 Å². The third-order valence-electron chi connectivity index (χ3n) is 5.11. The molecule has 0 spiro atoms. The SMILES string of the molecule is CCOC(=O)C(C)(C)COc1ccc(OCc2cc(-c3ccc(Cl)cc3)oc2C)cc1C. The molecule has 1 aromatic heterocycles. The molecule has 3 rings (SSSR count). The smallest absolute Gasteiger partial charge is 0.314 e. The van der Waals surface area contributed by atoms with E-state index >= 15 is 0 Å². The molecule has 0 unspecified atom stereocenters. The van der Waals surface area contributed by atoms with Gasteiger partial charge in [-0.3, -0.25) is 4.79 Å². The van der Waals surface area contributed by atoms with E-state index < -0.39 is 5.41 Å². The topological polar surface area (TPSA) is 57.9 Å². The Morgan fingerprint density at radius 3 is 2.41 bits per heavy atom. The number of ether oxygens (including phenoxy) is 3. The maximum absolute atomic E-state index is 12.0. The Morgan fingerprint density at radius 1 is 1.03 bits per heavy atom. The fourth-order valence-electron chi connectivity index (χ4n) is 3.10. The van der Waals surface area contributed by atoms with Gasteiger partial charge in [-0.25, -0.2) is 0 Å². The Bertz CT molecular complexity index is 1070. The van der Waals surface area contributed by atoms with Gasteiger partial charge in [-0.05, 0) is 88.7 Å². The Hall–Kier alpha value is -2.92. The summed E-state index contributed by atoms with van der Waals surface area (Å²) in [4.78, 5) is 12.0. The molecule has 0 atom stereocenters. The minimum absolute atomic E-state index is 0.231. The van der Waals surface area contributed by atoms with Gasteiger partial charge in [0.15, 0.2) is 0 Å². The first-order valence-corrected chi connectivity index (χ1v) is 11.0. The standard InChI is InChI=1S/C26H29ClO5/c1-6-29-25(28)26(4,5)16-31-23-12-11-22(13-17(23)2)30-15-20-14-24(32-18(20)3)19-7-9-21(27)10-8-19/h7-14H,6,15-16H2,1-5H3. The van der Waals surface area contributed by atoms with Gasteiger partial charge in [0.1, 0.15) is 36.2 Å². The van der Waals surface area contributed by atoms with Crippen LogP contribution in [0.3, 0.4) is 0 Å². The number of carbonyl (C=O) groups excluding carboxylic acids is 1. The zero-order valence-corrected chi connectivity index (χ0v) is 19.9. The van der Waals surface area contributed by atoms with Crippen LogP contribution in [0.15, 0.2) is 52.9 Å². The Balaban J connectivity index is 1.61. The first kappa shape index (κ1) is 23.7. The lowest BCUT2D eigenvalue weighted by Gasteiger charge is -2.23. The number of aryl methyl sites for hydroxylation is 2. The summed E-state index contributed by atoms with van der Waals surface area (Å²) in [5.41, 5.74) is 2.14. The number of esters is 1. The molecule has 0 aliphatic rings. The minimum atomic E-state index is -0.724. The van der Waals surface area contributed by atoms with Crippen molar-refractivity contribution in [1.82, 2.24) is 0 Å². The number of hydrogen-bond acceptors (Lipinski definition) is 5. The van der Waals surface area contributed by atoms with E-state index in [0.717, 1.165) is 34.0 Å². The van der Waals surface area contributed by atoms with E-state index in [4.69, 9.17) is 30.2 Å². The van der Waals surface area contributed by atoms with Crippen molar-refractivity contribution in [2.45, 2.75) is 41.2 Å². The molecule has 5 nitrogen and oxygen atoms in total. The molecular weight excluding hydrogens is 428 g/mol. The quantitative estimate of drug-likeness (QED) is 0.333. The van der Waals surface area contributed by atoms with Crippen LogP contribution in [0.5, 0.6) is 11.5 Å². The molecule has 170 valence electrons. The maximum Gasteiger partial charge on any atom is 0.314 e. The van der Waals surface area contributed by atoms with Gasteiger partial charge in [-0.1, -0.05) is 11.6 Å². The van der Waals surface area contributed by atoms with Crippen LogP contribution in [0, 0.1) is 19.3 Å². The van der Waals surface area contributed by atoms with Crippen molar-refractivity contribution < 1.29 is 23.4 Å². The molecule has 0 N–H and O–H groups in total. The van der Waals surface area contributed by atoms with E-state index in [1.54, 1.807) is 6.92 Å². The summed E-state index contributed by atoms with van der Waals surface area (Å²) in [6, 6.07) is 15.1. The molecule has 0 saturated carbocycles. The van der Waals surface area contributed by atoms with Gasteiger partial charge in [-0.2, -0.15) is 0 Å². The molecule has 0 aliphatic carbocycles. The highest BCUT2D eigenvalue weighted by molar-refractivity contribution is 6.30. The summed E-state index contributed by atoms with van der Waals surface area (Å²) in [6.45, 7) is 10.2. The van der Waals surface area contributed by atoms with Crippen LogP contribution in [0.4, 0.5) is 0 Å². The second-order valence-corrected chi connectivity index (χ2v) is 8.74. The van der Waals surface area contributed by atoms with Crippen molar-refractivity contribution in [3.8, 4) is 22.8 Å². The predicted molar refractivity (Wildman–Crippen MR) is 125 cm³/mol. The number of carbonyl (C=O) groups is 1. The van der Waals surface area contributed by atoms with Crippen molar-refractivity contribution in [2.24, 2.45) is 5.41 Å². The summed E-state index contributed by atoms with van der Waals surface area (Å²) in [7, 11) is 0. The van der Waals surface area contributed by atoms with Crippen molar-refractivity contribution in [1.29, 1.82) is 0 Å². The average Bonchev–Trinajstić information content (AvgIpc) is 3.12. The maximum atomic E-state index is 12.0. The van der Waals surface area contributed by atoms with Gasteiger partial charge >= 0.3 is 5.97 Å².